The lowest BCUT2D eigenvalue weighted by Crippen LogP contribution is -2.10. The quantitative estimate of drug-likeness (QED) is 0.781. The molecule has 1 nitrogen and oxygen atoms in total. The summed E-state index contributed by atoms with van der Waals surface area (Å²) in [5.41, 5.74) is 3.44. The molecule has 0 saturated carbocycles. The van der Waals surface area contributed by atoms with E-state index in [9.17, 15) is 4.79 Å². The predicted molar refractivity (Wildman–Crippen MR) is 79.5 cm³/mol. The molecule has 0 aromatic heterocycles. The normalized spacial score (nSPS) is 12.4. The van der Waals surface area contributed by atoms with Crippen molar-refractivity contribution in [3.63, 3.8) is 0 Å². The molecule has 0 aliphatic rings. The summed E-state index contributed by atoms with van der Waals surface area (Å²) in [6.45, 7) is 6.01. The lowest BCUT2D eigenvalue weighted by Gasteiger charge is -2.16. The van der Waals surface area contributed by atoms with E-state index in [1.807, 2.05) is 30.3 Å². The van der Waals surface area contributed by atoms with E-state index in [0.29, 0.717) is 5.92 Å². The summed E-state index contributed by atoms with van der Waals surface area (Å²) in [4.78, 5) is 12.0. The largest absolute Gasteiger partial charge is 0.299 e. The lowest BCUT2D eigenvalue weighted by molar-refractivity contribution is -0.117. The van der Waals surface area contributed by atoms with Gasteiger partial charge in [-0.1, -0.05) is 68.4 Å². The van der Waals surface area contributed by atoms with Gasteiger partial charge < -0.3 is 0 Å². The topological polar surface area (TPSA) is 17.1 Å². The van der Waals surface area contributed by atoms with E-state index < -0.39 is 0 Å². The number of Topliss-reactive ketones (excluding diaryl/α,β-unsaturated/α-hetero) is 1. The molecule has 0 bridgehead atoms. The minimum Gasteiger partial charge on any atom is -0.299 e. The number of benzene rings is 2. The Labute approximate surface area is 115 Å². The molecule has 1 unspecified atom stereocenters. The number of hydrogen-bond donors (Lipinski definition) is 0. The second-order valence-corrected chi connectivity index (χ2v) is 5.28. The average Bonchev–Trinajstić information content (AvgIpc) is 2.40. The Morgan fingerprint density at radius 3 is 1.74 bits per heavy atom. The predicted octanol–water partition coefficient (Wildman–Crippen LogP) is 4.53. The summed E-state index contributed by atoms with van der Waals surface area (Å²) in [5.74, 6) is 0.549. The van der Waals surface area contributed by atoms with Gasteiger partial charge in [0.05, 0.1) is 5.92 Å². The highest BCUT2D eigenvalue weighted by molar-refractivity contribution is 5.86. The molecule has 0 heterocycles. The van der Waals surface area contributed by atoms with Gasteiger partial charge in [-0.25, -0.2) is 0 Å². The smallest absolute Gasteiger partial charge is 0.141 e. The van der Waals surface area contributed by atoms with Crippen molar-refractivity contribution in [2.75, 3.05) is 0 Å². The average molecular weight is 252 g/mol. The van der Waals surface area contributed by atoms with Crippen LogP contribution in [0.1, 0.15) is 49.3 Å². The summed E-state index contributed by atoms with van der Waals surface area (Å²) < 4.78 is 0. The SMILES string of the molecule is CC(=O)C(c1ccccc1)c1ccc(C(C)C)cc1. The van der Waals surface area contributed by atoms with E-state index >= 15 is 0 Å². The van der Waals surface area contributed by atoms with Crippen molar-refractivity contribution in [3.05, 3.63) is 71.3 Å². The van der Waals surface area contributed by atoms with Crippen LogP contribution in [0, 0.1) is 0 Å². The fourth-order valence-electron chi connectivity index (χ4n) is 2.38. The van der Waals surface area contributed by atoms with Crippen molar-refractivity contribution in [2.45, 2.75) is 32.6 Å². The molecule has 0 fully saturated rings. The van der Waals surface area contributed by atoms with E-state index in [-0.39, 0.29) is 11.7 Å². The Bertz CT molecular complexity index is 538. The van der Waals surface area contributed by atoms with Gasteiger partial charge in [-0.2, -0.15) is 0 Å². The number of carbonyl (C=O) groups is 1. The van der Waals surface area contributed by atoms with E-state index in [1.54, 1.807) is 6.92 Å². The third-order valence-electron chi connectivity index (χ3n) is 3.48. The van der Waals surface area contributed by atoms with Crippen LogP contribution < -0.4 is 0 Å². The first-order chi connectivity index (χ1) is 9.09. The number of rotatable bonds is 4. The molecule has 19 heavy (non-hydrogen) atoms. The van der Waals surface area contributed by atoms with Gasteiger partial charge in [0.25, 0.3) is 0 Å². The van der Waals surface area contributed by atoms with E-state index in [1.165, 1.54) is 5.56 Å². The molecule has 0 N–H and O–H groups in total. The molecule has 98 valence electrons. The van der Waals surface area contributed by atoms with Gasteiger partial charge in [0, 0.05) is 0 Å². The summed E-state index contributed by atoms with van der Waals surface area (Å²) in [5, 5.41) is 0. The molecule has 0 saturated heterocycles. The van der Waals surface area contributed by atoms with Crippen LogP contribution in [-0.4, -0.2) is 5.78 Å². The molecule has 0 aliphatic carbocycles. The van der Waals surface area contributed by atoms with Gasteiger partial charge in [0.15, 0.2) is 0 Å². The molecule has 0 spiro atoms. The maximum absolute atomic E-state index is 12.0. The first-order valence-corrected chi connectivity index (χ1v) is 6.75. The van der Waals surface area contributed by atoms with Gasteiger partial charge in [-0.05, 0) is 29.5 Å². The zero-order valence-corrected chi connectivity index (χ0v) is 11.8. The van der Waals surface area contributed by atoms with Crippen LogP contribution >= 0.6 is 0 Å². The Morgan fingerprint density at radius 2 is 1.26 bits per heavy atom. The molecule has 2 aromatic rings. The third-order valence-corrected chi connectivity index (χ3v) is 3.48. The molecular formula is C18H20O. The molecule has 2 rings (SSSR count). The minimum atomic E-state index is -0.151. The standard InChI is InChI=1S/C18H20O/c1-13(2)15-9-11-17(12-10-15)18(14(3)19)16-7-5-4-6-8-16/h4-13,18H,1-3H3. The van der Waals surface area contributed by atoms with Gasteiger partial charge in [0.2, 0.25) is 0 Å². The van der Waals surface area contributed by atoms with Crippen molar-refractivity contribution >= 4 is 5.78 Å². The monoisotopic (exact) mass is 252 g/mol. The molecular weight excluding hydrogens is 232 g/mol. The fraction of sp³-hybridized carbons (Fsp3) is 0.278. The zero-order valence-electron chi connectivity index (χ0n) is 11.8. The minimum absolute atomic E-state index is 0.151. The highest BCUT2D eigenvalue weighted by Crippen LogP contribution is 2.27. The Balaban J connectivity index is 2.38. The van der Waals surface area contributed by atoms with Crippen molar-refractivity contribution < 1.29 is 4.79 Å². The first kappa shape index (κ1) is 13.5. The second-order valence-electron chi connectivity index (χ2n) is 5.28. The summed E-state index contributed by atoms with van der Waals surface area (Å²) in [7, 11) is 0. The molecule has 1 heteroatoms. The van der Waals surface area contributed by atoms with E-state index in [4.69, 9.17) is 0 Å². The second kappa shape index (κ2) is 5.83. The lowest BCUT2D eigenvalue weighted by atomic mass is 9.87. The van der Waals surface area contributed by atoms with Crippen molar-refractivity contribution in [2.24, 2.45) is 0 Å². The van der Waals surface area contributed by atoms with Crippen molar-refractivity contribution in [1.82, 2.24) is 0 Å². The Morgan fingerprint density at radius 1 is 0.789 bits per heavy atom. The highest BCUT2D eigenvalue weighted by atomic mass is 16.1. The van der Waals surface area contributed by atoms with Crippen molar-refractivity contribution in [3.8, 4) is 0 Å². The molecule has 0 aliphatic heterocycles. The number of hydrogen-bond acceptors (Lipinski definition) is 1. The number of ketones is 1. The maximum atomic E-state index is 12.0. The molecule has 1 atom stereocenters. The fourth-order valence-corrected chi connectivity index (χ4v) is 2.38. The third kappa shape index (κ3) is 3.11. The molecule has 0 amide bonds. The summed E-state index contributed by atoms with van der Waals surface area (Å²) in [6, 6.07) is 18.4. The van der Waals surface area contributed by atoms with Crippen LogP contribution in [-0.2, 0) is 4.79 Å². The summed E-state index contributed by atoms with van der Waals surface area (Å²) >= 11 is 0. The summed E-state index contributed by atoms with van der Waals surface area (Å²) in [6.07, 6.45) is 0. The first-order valence-electron chi connectivity index (χ1n) is 6.75. The van der Waals surface area contributed by atoms with Gasteiger partial charge in [-0.3, -0.25) is 4.79 Å². The molecule has 0 radical (unpaired) electrons. The van der Waals surface area contributed by atoms with Crippen LogP contribution in [0.25, 0.3) is 0 Å². The molecule has 2 aromatic carbocycles. The van der Waals surface area contributed by atoms with Crippen LogP contribution in [0.3, 0.4) is 0 Å². The Kier molecular flexibility index (Phi) is 4.16. The highest BCUT2D eigenvalue weighted by Gasteiger charge is 2.18. The van der Waals surface area contributed by atoms with Crippen LogP contribution in [0.5, 0.6) is 0 Å². The van der Waals surface area contributed by atoms with Crippen LogP contribution in [0.2, 0.25) is 0 Å². The van der Waals surface area contributed by atoms with E-state index in [2.05, 4.69) is 38.1 Å². The van der Waals surface area contributed by atoms with Crippen LogP contribution in [0.4, 0.5) is 0 Å². The van der Waals surface area contributed by atoms with Gasteiger partial charge in [-0.15, -0.1) is 0 Å². The van der Waals surface area contributed by atoms with Gasteiger partial charge >= 0.3 is 0 Å². The zero-order chi connectivity index (χ0) is 13.8. The van der Waals surface area contributed by atoms with Gasteiger partial charge in [0.1, 0.15) is 5.78 Å². The van der Waals surface area contributed by atoms with Crippen LogP contribution in [0.15, 0.2) is 54.6 Å². The Hall–Kier alpha value is -1.89. The number of carbonyl (C=O) groups excluding carboxylic acids is 1. The van der Waals surface area contributed by atoms with Crippen molar-refractivity contribution in [1.29, 1.82) is 0 Å². The maximum Gasteiger partial charge on any atom is 0.141 e. The van der Waals surface area contributed by atoms with E-state index in [0.717, 1.165) is 11.1 Å².